The Kier molecular flexibility index (Phi) is 3.05. The average Bonchev–Trinajstić information content (AvgIpc) is 2.03. The van der Waals surface area contributed by atoms with Crippen LogP contribution in [-0.2, 0) is 6.42 Å². The van der Waals surface area contributed by atoms with E-state index in [0.29, 0.717) is 6.42 Å². The van der Waals surface area contributed by atoms with Gasteiger partial charge in [-0.05, 0) is 25.0 Å². The van der Waals surface area contributed by atoms with Gasteiger partial charge in [0, 0.05) is 6.20 Å². The Morgan fingerprint density at radius 3 is 2.92 bits per heavy atom. The van der Waals surface area contributed by atoms with E-state index in [1.807, 2.05) is 6.07 Å². The maximum atomic E-state index is 9.10. The zero-order valence-electron chi connectivity index (χ0n) is 7.32. The van der Waals surface area contributed by atoms with E-state index in [2.05, 4.69) is 4.98 Å². The van der Waals surface area contributed by atoms with Crippen molar-refractivity contribution in [2.75, 3.05) is 7.11 Å². The number of hydrogen-bond acceptors (Lipinski definition) is 3. The number of methoxy groups -OCH3 is 1. The van der Waals surface area contributed by atoms with Gasteiger partial charge in [-0.1, -0.05) is 0 Å². The van der Waals surface area contributed by atoms with Gasteiger partial charge in [-0.2, -0.15) is 0 Å². The maximum absolute atomic E-state index is 9.10. The molecule has 0 radical (unpaired) electrons. The van der Waals surface area contributed by atoms with E-state index in [0.717, 1.165) is 11.3 Å². The predicted octanol–water partition coefficient (Wildman–Crippen LogP) is 1.01. The summed E-state index contributed by atoms with van der Waals surface area (Å²) in [4.78, 5) is 3.97. The number of rotatable bonds is 3. The molecule has 12 heavy (non-hydrogen) atoms. The summed E-state index contributed by atoms with van der Waals surface area (Å²) in [5, 5.41) is 9.10. The molecule has 1 aromatic rings. The van der Waals surface area contributed by atoms with Gasteiger partial charge in [0.15, 0.2) is 0 Å². The monoisotopic (exact) mass is 167 g/mol. The lowest BCUT2D eigenvalue weighted by atomic mass is 10.1. The van der Waals surface area contributed by atoms with Crippen LogP contribution in [-0.4, -0.2) is 23.3 Å². The van der Waals surface area contributed by atoms with E-state index in [1.54, 1.807) is 26.4 Å². The molecule has 1 unspecified atom stereocenters. The molecule has 3 heteroatoms. The van der Waals surface area contributed by atoms with Crippen LogP contribution in [0.5, 0.6) is 5.75 Å². The Bertz CT molecular complexity index is 248. The first-order valence-electron chi connectivity index (χ1n) is 3.88. The fraction of sp³-hybridized carbons (Fsp3) is 0.444. The minimum Gasteiger partial charge on any atom is -0.495 e. The van der Waals surface area contributed by atoms with E-state index >= 15 is 0 Å². The van der Waals surface area contributed by atoms with Crippen molar-refractivity contribution < 1.29 is 9.84 Å². The molecule has 0 aromatic carbocycles. The number of nitrogens with zero attached hydrogens (tertiary/aromatic N) is 1. The molecule has 0 saturated heterocycles. The van der Waals surface area contributed by atoms with E-state index in [1.165, 1.54) is 0 Å². The molecule has 0 aliphatic carbocycles. The van der Waals surface area contributed by atoms with Crippen LogP contribution in [0.15, 0.2) is 18.5 Å². The first-order valence-corrected chi connectivity index (χ1v) is 3.88. The minimum absolute atomic E-state index is 0.334. The molecule has 0 spiro atoms. The van der Waals surface area contributed by atoms with Crippen molar-refractivity contribution in [2.45, 2.75) is 19.4 Å². The number of pyridine rings is 1. The van der Waals surface area contributed by atoms with Gasteiger partial charge in [-0.15, -0.1) is 0 Å². The van der Waals surface area contributed by atoms with Crippen molar-refractivity contribution in [3.05, 3.63) is 24.0 Å². The predicted molar refractivity (Wildman–Crippen MR) is 46.2 cm³/mol. The van der Waals surface area contributed by atoms with Crippen LogP contribution < -0.4 is 4.74 Å². The summed E-state index contributed by atoms with van der Waals surface area (Å²) in [6, 6.07) is 1.87. The van der Waals surface area contributed by atoms with Gasteiger partial charge in [0.05, 0.1) is 19.4 Å². The molecule has 1 heterocycles. The smallest absolute Gasteiger partial charge is 0.137 e. The molecule has 66 valence electrons. The van der Waals surface area contributed by atoms with Crippen LogP contribution in [0.1, 0.15) is 12.5 Å². The van der Waals surface area contributed by atoms with Gasteiger partial charge in [0.1, 0.15) is 5.75 Å². The van der Waals surface area contributed by atoms with Crippen molar-refractivity contribution in [1.82, 2.24) is 4.98 Å². The lowest BCUT2D eigenvalue weighted by Crippen LogP contribution is -2.04. The standard InChI is InChI=1S/C9H13NO2/c1-7(11)3-8-4-9(12-2)6-10-5-8/h4-7,11H,3H2,1-2H3. The molecular formula is C9H13NO2. The third kappa shape index (κ3) is 2.51. The largest absolute Gasteiger partial charge is 0.495 e. The zero-order valence-corrected chi connectivity index (χ0v) is 7.32. The van der Waals surface area contributed by atoms with Crippen LogP contribution in [0.25, 0.3) is 0 Å². The molecule has 1 aromatic heterocycles. The molecule has 0 amide bonds. The number of hydrogen-bond donors (Lipinski definition) is 1. The maximum Gasteiger partial charge on any atom is 0.137 e. The van der Waals surface area contributed by atoms with Crippen LogP contribution >= 0.6 is 0 Å². The molecule has 0 aliphatic heterocycles. The van der Waals surface area contributed by atoms with Crippen molar-refractivity contribution in [2.24, 2.45) is 0 Å². The summed E-state index contributed by atoms with van der Waals surface area (Å²) in [5.41, 5.74) is 0.990. The normalized spacial score (nSPS) is 12.6. The second-order valence-electron chi connectivity index (χ2n) is 2.79. The van der Waals surface area contributed by atoms with E-state index < -0.39 is 0 Å². The Morgan fingerprint density at radius 1 is 1.58 bits per heavy atom. The third-order valence-corrected chi connectivity index (χ3v) is 1.54. The first-order chi connectivity index (χ1) is 5.72. The Morgan fingerprint density at radius 2 is 2.33 bits per heavy atom. The molecule has 1 N–H and O–H groups in total. The number of aromatic nitrogens is 1. The molecule has 0 bridgehead atoms. The summed E-state index contributed by atoms with van der Waals surface area (Å²) in [5.74, 6) is 0.730. The highest BCUT2D eigenvalue weighted by Gasteiger charge is 2.00. The second kappa shape index (κ2) is 4.07. The van der Waals surface area contributed by atoms with Gasteiger partial charge in [-0.25, -0.2) is 0 Å². The molecule has 0 fully saturated rings. The van der Waals surface area contributed by atoms with Crippen LogP contribution in [0.2, 0.25) is 0 Å². The lowest BCUT2D eigenvalue weighted by molar-refractivity contribution is 0.195. The minimum atomic E-state index is -0.334. The topological polar surface area (TPSA) is 42.4 Å². The lowest BCUT2D eigenvalue weighted by Gasteiger charge is -2.05. The fourth-order valence-corrected chi connectivity index (χ4v) is 1.03. The highest BCUT2D eigenvalue weighted by molar-refractivity contribution is 5.23. The summed E-state index contributed by atoms with van der Waals surface area (Å²) < 4.78 is 4.99. The molecule has 1 atom stereocenters. The van der Waals surface area contributed by atoms with Crippen molar-refractivity contribution in [1.29, 1.82) is 0 Å². The van der Waals surface area contributed by atoms with Crippen molar-refractivity contribution in [3.8, 4) is 5.75 Å². The van der Waals surface area contributed by atoms with Crippen LogP contribution in [0.4, 0.5) is 0 Å². The molecule has 0 aliphatic rings. The van der Waals surface area contributed by atoms with Gasteiger partial charge < -0.3 is 9.84 Å². The summed E-state index contributed by atoms with van der Waals surface area (Å²) in [6.07, 6.45) is 3.66. The number of aliphatic hydroxyl groups is 1. The highest BCUT2D eigenvalue weighted by Crippen LogP contribution is 2.11. The van der Waals surface area contributed by atoms with Crippen molar-refractivity contribution >= 4 is 0 Å². The Labute approximate surface area is 72.0 Å². The molecule has 3 nitrogen and oxygen atoms in total. The second-order valence-corrected chi connectivity index (χ2v) is 2.79. The van der Waals surface area contributed by atoms with Gasteiger partial charge in [-0.3, -0.25) is 4.98 Å². The summed E-state index contributed by atoms with van der Waals surface area (Å²) in [6.45, 7) is 1.75. The molecular weight excluding hydrogens is 154 g/mol. The Balaban J connectivity index is 2.72. The van der Waals surface area contributed by atoms with E-state index in [-0.39, 0.29) is 6.10 Å². The van der Waals surface area contributed by atoms with Gasteiger partial charge in [0.2, 0.25) is 0 Å². The first kappa shape index (κ1) is 9.00. The van der Waals surface area contributed by atoms with Crippen LogP contribution in [0, 0.1) is 0 Å². The molecule has 1 rings (SSSR count). The fourth-order valence-electron chi connectivity index (χ4n) is 1.03. The van der Waals surface area contributed by atoms with Crippen molar-refractivity contribution in [3.63, 3.8) is 0 Å². The van der Waals surface area contributed by atoms with Gasteiger partial charge >= 0.3 is 0 Å². The Hall–Kier alpha value is -1.09. The number of ether oxygens (including phenoxy) is 1. The SMILES string of the molecule is COc1cncc(CC(C)O)c1. The van der Waals surface area contributed by atoms with Crippen LogP contribution in [0.3, 0.4) is 0 Å². The number of aliphatic hydroxyl groups excluding tert-OH is 1. The summed E-state index contributed by atoms with van der Waals surface area (Å²) in [7, 11) is 1.60. The van der Waals surface area contributed by atoms with Gasteiger partial charge in [0.25, 0.3) is 0 Å². The van der Waals surface area contributed by atoms with E-state index in [4.69, 9.17) is 9.84 Å². The third-order valence-electron chi connectivity index (χ3n) is 1.54. The quantitative estimate of drug-likeness (QED) is 0.730. The average molecular weight is 167 g/mol. The highest BCUT2D eigenvalue weighted by atomic mass is 16.5. The molecule has 0 saturated carbocycles. The van der Waals surface area contributed by atoms with E-state index in [9.17, 15) is 0 Å². The zero-order chi connectivity index (χ0) is 8.97. The summed E-state index contributed by atoms with van der Waals surface area (Å²) >= 11 is 0.